The summed E-state index contributed by atoms with van der Waals surface area (Å²) < 4.78 is 0. The number of amides is 3. The maximum absolute atomic E-state index is 12.3. The van der Waals surface area contributed by atoms with Crippen molar-refractivity contribution < 1.29 is 9.59 Å². The Hall–Kier alpha value is -2.31. The van der Waals surface area contributed by atoms with Crippen molar-refractivity contribution >= 4 is 17.6 Å². The second kappa shape index (κ2) is 4.99. The fourth-order valence-corrected chi connectivity index (χ4v) is 2.64. The molecule has 2 aliphatic heterocycles. The smallest absolute Gasteiger partial charge is 0.317 e. The van der Waals surface area contributed by atoms with Gasteiger partial charge >= 0.3 is 6.03 Å². The van der Waals surface area contributed by atoms with Gasteiger partial charge in [0, 0.05) is 31.9 Å². The number of aromatic nitrogens is 1. The number of nitrogens with one attached hydrogen (secondary N) is 1. The molecule has 3 heterocycles. The minimum Gasteiger partial charge on any atom is -0.397 e. The fraction of sp³-hybridized carbons (Fsp3) is 0.462. The number of urea groups is 1. The van der Waals surface area contributed by atoms with Crippen LogP contribution in [0.5, 0.6) is 0 Å². The van der Waals surface area contributed by atoms with Crippen molar-refractivity contribution in [2.24, 2.45) is 0 Å². The van der Waals surface area contributed by atoms with E-state index in [2.05, 4.69) is 10.3 Å². The number of anilines is 1. The Balaban J connectivity index is 1.61. The summed E-state index contributed by atoms with van der Waals surface area (Å²) in [5.74, 6) is 0.0428. The van der Waals surface area contributed by atoms with Gasteiger partial charge in [0.25, 0.3) is 0 Å². The largest absolute Gasteiger partial charge is 0.397 e. The molecule has 2 saturated heterocycles. The Bertz CT molecular complexity index is 530. The zero-order chi connectivity index (χ0) is 14.1. The third-order valence-corrected chi connectivity index (χ3v) is 3.77. The molecule has 0 radical (unpaired) electrons. The molecule has 1 unspecified atom stereocenters. The molecule has 106 valence electrons. The molecular formula is C13H17N5O2. The molecule has 0 bridgehead atoms. The third-order valence-electron chi connectivity index (χ3n) is 3.77. The van der Waals surface area contributed by atoms with Crippen LogP contribution >= 0.6 is 0 Å². The first-order chi connectivity index (χ1) is 9.63. The van der Waals surface area contributed by atoms with Gasteiger partial charge in [-0.3, -0.25) is 9.78 Å². The first-order valence-corrected chi connectivity index (χ1v) is 6.66. The first kappa shape index (κ1) is 12.7. The molecule has 0 aromatic carbocycles. The Kier molecular flexibility index (Phi) is 3.17. The number of hydrogen-bond donors (Lipinski definition) is 2. The zero-order valence-electron chi connectivity index (χ0n) is 11.1. The van der Waals surface area contributed by atoms with Crippen LogP contribution in [0, 0.1) is 0 Å². The lowest BCUT2D eigenvalue weighted by Gasteiger charge is -2.36. The molecule has 3 rings (SSSR count). The number of piperazine rings is 1. The van der Waals surface area contributed by atoms with Crippen LogP contribution in [0.2, 0.25) is 0 Å². The number of nitrogens with zero attached hydrogens (tertiary/aromatic N) is 3. The SMILES string of the molecule is Nc1ccc(CC(=O)N2CCN3C(=O)NCC3C2)nc1. The molecule has 7 heteroatoms. The van der Waals surface area contributed by atoms with Crippen molar-refractivity contribution in [3.05, 3.63) is 24.0 Å². The fourth-order valence-electron chi connectivity index (χ4n) is 2.64. The quantitative estimate of drug-likeness (QED) is 0.757. The standard InChI is InChI=1S/C13H17N5O2/c14-9-1-2-10(15-6-9)5-12(19)17-3-4-18-11(8-17)7-16-13(18)20/h1-2,6,11H,3-5,7-8,14H2,(H,16,20). The van der Waals surface area contributed by atoms with Crippen molar-refractivity contribution in [1.82, 2.24) is 20.1 Å². The van der Waals surface area contributed by atoms with E-state index in [1.807, 2.05) is 0 Å². The summed E-state index contributed by atoms with van der Waals surface area (Å²) in [6, 6.07) is 3.58. The normalized spacial score (nSPS) is 21.6. The zero-order valence-corrected chi connectivity index (χ0v) is 11.1. The topological polar surface area (TPSA) is 91.6 Å². The Morgan fingerprint density at radius 3 is 3.05 bits per heavy atom. The number of nitrogens with two attached hydrogens (primary N) is 1. The van der Waals surface area contributed by atoms with E-state index < -0.39 is 0 Å². The maximum Gasteiger partial charge on any atom is 0.317 e. The van der Waals surface area contributed by atoms with E-state index in [4.69, 9.17) is 5.73 Å². The van der Waals surface area contributed by atoms with Crippen LogP contribution in [0.25, 0.3) is 0 Å². The summed E-state index contributed by atoms with van der Waals surface area (Å²) in [5.41, 5.74) is 6.87. The van der Waals surface area contributed by atoms with Crippen LogP contribution in [-0.4, -0.2) is 58.9 Å². The van der Waals surface area contributed by atoms with Gasteiger partial charge in [-0.05, 0) is 12.1 Å². The van der Waals surface area contributed by atoms with Crippen molar-refractivity contribution in [1.29, 1.82) is 0 Å². The van der Waals surface area contributed by atoms with E-state index in [0.717, 1.165) is 0 Å². The summed E-state index contributed by atoms with van der Waals surface area (Å²) in [5, 5.41) is 2.80. The van der Waals surface area contributed by atoms with E-state index in [1.54, 1.807) is 28.1 Å². The number of carbonyl (C=O) groups is 2. The first-order valence-electron chi connectivity index (χ1n) is 6.66. The van der Waals surface area contributed by atoms with Crippen molar-refractivity contribution in [2.75, 3.05) is 31.9 Å². The molecule has 2 fully saturated rings. The number of fused-ring (bicyclic) bond motifs is 1. The van der Waals surface area contributed by atoms with Crippen LogP contribution in [0.3, 0.4) is 0 Å². The van der Waals surface area contributed by atoms with Gasteiger partial charge in [-0.25, -0.2) is 4.79 Å². The van der Waals surface area contributed by atoms with E-state index >= 15 is 0 Å². The highest BCUT2D eigenvalue weighted by Crippen LogP contribution is 2.15. The van der Waals surface area contributed by atoms with Gasteiger partial charge in [-0.1, -0.05) is 0 Å². The van der Waals surface area contributed by atoms with Gasteiger partial charge in [0.05, 0.1) is 24.3 Å². The lowest BCUT2D eigenvalue weighted by Crippen LogP contribution is -2.54. The second-order valence-electron chi connectivity index (χ2n) is 5.13. The minimum absolute atomic E-state index is 0.0256. The van der Waals surface area contributed by atoms with Crippen LogP contribution < -0.4 is 11.1 Å². The molecule has 2 aliphatic rings. The Labute approximate surface area is 116 Å². The highest BCUT2D eigenvalue weighted by atomic mass is 16.2. The average molecular weight is 275 g/mol. The highest BCUT2D eigenvalue weighted by Gasteiger charge is 2.36. The van der Waals surface area contributed by atoms with Crippen LogP contribution in [0.4, 0.5) is 10.5 Å². The highest BCUT2D eigenvalue weighted by molar-refractivity contribution is 5.80. The molecule has 20 heavy (non-hydrogen) atoms. The number of carbonyl (C=O) groups excluding carboxylic acids is 2. The molecule has 0 spiro atoms. The minimum atomic E-state index is -0.0256. The van der Waals surface area contributed by atoms with Crippen LogP contribution in [-0.2, 0) is 11.2 Å². The van der Waals surface area contributed by atoms with E-state index in [1.165, 1.54) is 0 Å². The van der Waals surface area contributed by atoms with Gasteiger partial charge in [0.2, 0.25) is 5.91 Å². The van der Waals surface area contributed by atoms with Gasteiger partial charge in [-0.15, -0.1) is 0 Å². The molecular weight excluding hydrogens is 258 g/mol. The van der Waals surface area contributed by atoms with Crippen molar-refractivity contribution in [2.45, 2.75) is 12.5 Å². The summed E-state index contributed by atoms with van der Waals surface area (Å²) in [6.07, 6.45) is 1.83. The average Bonchev–Trinajstić information content (AvgIpc) is 2.82. The molecule has 1 aromatic heterocycles. The predicted octanol–water partition coefficient (Wildman–Crippen LogP) is -0.558. The monoisotopic (exact) mass is 275 g/mol. The number of nitrogen functional groups attached to an aromatic ring is 1. The third kappa shape index (κ3) is 2.38. The molecule has 7 nitrogen and oxygen atoms in total. The van der Waals surface area contributed by atoms with Gasteiger partial charge in [-0.2, -0.15) is 0 Å². The Morgan fingerprint density at radius 1 is 1.45 bits per heavy atom. The van der Waals surface area contributed by atoms with Gasteiger partial charge < -0.3 is 20.9 Å². The van der Waals surface area contributed by atoms with Crippen LogP contribution in [0.15, 0.2) is 18.3 Å². The molecule has 0 saturated carbocycles. The predicted molar refractivity (Wildman–Crippen MR) is 72.8 cm³/mol. The summed E-state index contributed by atoms with van der Waals surface area (Å²) in [4.78, 5) is 31.5. The van der Waals surface area contributed by atoms with Gasteiger partial charge in [0.1, 0.15) is 0 Å². The molecule has 1 aromatic rings. The summed E-state index contributed by atoms with van der Waals surface area (Å²) >= 11 is 0. The molecule has 0 aliphatic carbocycles. The summed E-state index contributed by atoms with van der Waals surface area (Å²) in [7, 11) is 0. The van der Waals surface area contributed by atoms with Gasteiger partial charge in [0.15, 0.2) is 0 Å². The van der Waals surface area contributed by atoms with Crippen LogP contribution in [0.1, 0.15) is 5.69 Å². The van der Waals surface area contributed by atoms with Crippen molar-refractivity contribution in [3.8, 4) is 0 Å². The molecule has 3 amide bonds. The lowest BCUT2D eigenvalue weighted by molar-refractivity contribution is -0.132. The lowest BCUT2D eigenvalue weighted by atomic mass is 10.1. The van der Waals surface area contributed by atoms with E-state index in [-0.39, 0.29) is 24.4 Å². The number of hydrogen-bond acceptors (Lipinski definition) is 4. The van der Waals surface area contributed by atoms with Crippen molar-refractivity contribution in [3.63, 3.8) is 0 Å². The number of rotatable bonds is 2. The maximum atomic E-state index is 12.3. The second-order valence-corrected chi connectivity index (χ2v) is 5.13. The van der Waals surface area contributed by atoms with E-state index in [9.17, 15) is 9.59 Å². The molecule has 1 atom stereocenters. The summed E-state index contributed by atoms with van der Waals surface area (Å²) in [6.45, 7) is 2.38. The Morgan fingerprint density at radius 2 is 2.30 bits per heavy atom. The number of pyridine rings is 1. The van der Waals surface area contributed by atoms with E-state index in [0.29, 0.717) is 37.6 Å². The molecule has 3 N–H and O–H groups in total.